The van der Waals surface area contributed by atoms with Crippen molar-refractivity contribution in [2.24, 2.45) is 5.41 Å². The second-order valence-electron chi connectivity index (χ2n) is 10.5. The van der Waals surface area contributed by atoms with Gasteiger partial charge in [0.1, 0.15) is 0 Å². The maximum atomic E-state index is 14.2. The summed E-state index contributed by atoms with van der Waals surface area (Å²) < 4.78 is 16.0. The Labute approximate surface area is 238 Å². The van der Waals surface area contributed by atoms with Crippen LogP contribution in [0.5, 0.6) is 0 Å². The number of allylic oxidation sites excluding steroid dienone is 10. The minimum Gasteiger partial charge on any atom is -0.391 e. The van der Waals surface area contributed by atoms with Crippen molar-refractivity contribution in [3.63, 3.8) is 0 Å². The Hall–Kier alpha value is -4.15. The SMILES string of the molecule is CC.CC(C)(C)CC(=O)Nc1ccc2c(c1)cc(C=O)n2CC1=CC=CC=C=C1F.CNC1=CC(C)=CC=CC1. The summed E-state index contributed by atoms with van der Waals surface area (Å²) in [5.74, 6) is -0.508. The number of hydrogen-bond acceptors (Lipinski definition) is 3. The number of aldehydes is 1. The molecular weight excluding hydrogens is 501 g/mol. The lowest BCUT2D eigenvalue weighted by atomic mass is 9.92. The smallest absolute Gasteiger partial charge is 0.224 e. The highest BCUT2D eigenvalue weighted by Crippen LogP contribution is 2.27. The third-order valence-electron chi connectivity index (χ3n) is 5.91. The summed E-state index contributed by atoms with van der Waals surface area (Å²) in [6.45, 7) is 12.3. The van der Waals surface area contributed by atoms with E-state index in [1.807, 2.05) is 53.8 Å². The largest absolute Gasteiger partial charge is 0.391 e. The molecule has 1 aromatic heterocycles. The van der Waals surface area contributed by atoms with Crippen LogP contribution in [-0.4, -0.2) is 23.8 Å². The second kappa shape index (κ2) is 15.4. The van der Waals surface area contributed by atoms with Gasteiger partial charge in [-0.2, -0.15) is 4.39 Å². The predicted octanol–water partition coefficient (Wildman–Crippen LogP) is 8.36. The molecule has 40 heavy (non-hydrogen) atoms. The molecule has 0 radical (unpaired) electrons. The maximum absolute atomic E-state index is 14.2. The summed E-state index contributed by atoms with van der Waals surface area (Å²) in [7, 11) is 1.96. The molecule has 0 fully saturated rings. The van der Waals surface area contributed by atoms with Crippen LogP contribution in [0.1, 0.15) is 64.9 Å². The molecule has 1 heterocycles. The molecule has 0 spiro atoms. The number of halogens is 1. The zero-order valence-corrected chi connectivity index (χ0v) is 24.8. The van der Waals surface area contributed by atoms with E-state index in [2.05, 4.69) is 47.6 Å². The van der Waals surface area contributed by atoms with Gasteiger partial charge in [-0.05, 0) is 54.3 Å². The van der Waals surface area contributed by atoms with Gasteiger partial charge in [-0.1, -0.05) is 76.8 Å². The fourth-order valence-corrected chi connectivity index (χ4v) is 4.11. The van der Waals surface area contributed by atoms with Crippen LogP contribution in [0.25, 0.3) is 10.9 Å². The Bertz CT molecular complexity index is 1420. The molecule has 0 saturated heterocycles. The van der Waals surface area contributed by atoms with Crippen molar-refractivity contribution in [1.82, 2.24) is 9.88 Å². The van der Waals surface area contributed by atoms with Crippen molar-refractivity contribution in [3.8, 4) is 0 Å². The number of rotatable bonds is 6. The molecule has 0 unspecified atom stereocenters. The topological polar surface area (TPSA) is 63.1 Å². The monoisotopic (exact) mass is 543 g/mol. The highest BCUT2D eigenvalue weighted by atomic mass is 19.1. The number of fused-ring (bicyclic) bond motifs is 1. The number of amides is 1. The number of hydrogen-bond donors (Lipinski definition) is 2. The standard InChI is InChI=1S/C23H23FN2O2.C9H13N.C2H6/c1-23(2,3)13-22(28)25-18-9-10-21-17(11-18)12-19(15-27)26(21)14-16-7-5-4-6-8-20(16)24;1-8-5-3-4-6-9(7-8)10-2;1-2/h4-7,9-12,15H,13-14H2,1-3H3,(H,25,28);3-5,7,10H,6H2,1-2H3;1-2H3. The first-order valence-electron chi connectivity index (χ1n) is 13.7. The van der Waals surface area contributed by atoms with E-state index in [1.165, 1.54) is 17.3 Å². The van der Waals surface area contributed by atoms with Gasteiger partial charge >= 0.3 is 0 Å². The molecule has 0 atom stereocenters. The first kappa shape index (κ1) is 32.1. The van der Waals surface area contributed by atoms with E-state index in [0.717, 1.165) is 23.6 Å². The number of nitrogens with one attached hydrogen (secondary N) is 2. The summed E-state index contributed by atoms with van der Waals surface area (Å²) >= 11 is 0. The Morgan fingerprint density at radius 2 is 1.88 bits per heavy atom. The van der Waals surface area contributed by atoms with Gasteiger partial charge in [0, 0.05) is 47.7 Å². The third-order valence-corrected chi connectivity index (χ3v) is 5.91. The second-order valence-corrected chi connectivity index (χ2v) is 10.5. The number of carbonyl (C=O) groups is 2. The van der Waals surface area contributed by atoms with Crippen LogP contribution in [-0.2, 0) is 11.3 Å². The number of benzene rings is 1. The summed E-state index contributed by atoms with van der Waals surface area (Å²) in [4.78, 5) is 23.7. The maximum Gasteiger partial charge on any atom is 0.224 e. The van der Waals surface area contributed by atoms with Crippen molar-refractivity contribution in [1.29, 1.82) is 0 Å². The van der Waals surface area contributed by atoms with E-state index >= 15 is 0 Å². The number of carbonyl (C=O) groups excluding carboxylic acids is 2. The molecule has 0 aliphatic heterocycles. The van der Waals surface area contributed by atoms with Crippen molar-refractivity contribution in [2.45, 2.75) is 60.9 Å². The molecule has 1 aromatic carbocycles. The molecule has 212 valence electrons. The van der Waals surface area contributed by atoms with E-state index in [0.29, 0.717) is 23.4 Å². The van der Waals surface area contributed by atoms with E-state index in [-0.39, 0.29) is 17.9 Å². The van der Waals surface area contributed by atoms with Crippen molar-refractivity contribution >= 4 is 28.8 Å². The average molecular weight is 544 g/mol. The number of nitrogens with zero attached hydrogens (tertiary/aromatic N) is 1. The minimum absolute atomic E-state index is 0.0590. The van der Waals surface area contributed by atoms with Crippen LogP contribution in [0.3, 0.4) is 0 Å². The third kappa shape index (κ3) is 9.87. The van der Waals surface area contributed by atoms with Crippen LogP contribution in [0, 0.1) is 5.41 Å². The average Bonchev–Trinajstić information content (AvgIpc) is 3.02. The normalized spacial score (nSPS) is 14.2. The van der Waals surface area contributed by atoms with Crippen molar-refractivity contribution < 1.29 is 14.0 Å². The lowest BCUT2D eigenvalue weighted by Crippen LogP contribution is -2.19. The molecule has 2 aliphatic carbocycles. The summed E-state index contributed by atoms with van der Waals surface area (Å²) in [6.07, 6.45) is 17.3. The van der Waals surface area contributed by atoms with Crippen molar-refractivity contribution in [3.05, 3.63) is 107 Å². The molecule has 6 heteroatoms. The van der Waals surface area contributed by atoms with Crippen LogP contribution in [0.15, 0.2) is 101 Å². The van der Waals surface area contributed by atoms with Gasteiger partial charge in [0.15, 0.2) is 12.1 Å². The lowest BCUT2D eigenvalue weighted by molar-refractivity contribution is -0.117. The van der Waals surface area contributed by atoms with Crippen molar-refractivity contribution in [2.75, 3.05) is 12.4 Å². The molecule has 5 nitrogen and oxygen atoms in total. The fourth-order valence-electron chi connectivity index (χ4n) is 4.11. The van der Waals surface area contributed by atoms with Gasteiger partial charge in [-0.25, -0.2) is 0 Å². The summed E-state index contributed by atoms with van der Waals surface area (Å²) in [5.41, 5.74) is 7.39. The van der Waals surface area contributed by atoms with Crippen LogP contribution in [0.4, 0.5) is 10.1 Å². The molecule has 2 aromatic rings. The highest BCUT2D eigenvalue weighted by Gasteiger charge is 2.17. The highest BCUT2D eigenvalue weighted by molar-refractivity contribution is 5.96. The summed E-state index contributed by atoms with van der Waals surface area (Å²) in [6, 6.07) is 7.19. The van der Waals surface area contributed by atoms with Gasteiger partial charge in [0.25, 0.3) is 0 Å². The Morgan fingerprint density at radius 1 is 1.12 bits per heavy atom. The lowest BCUT2D eigenvalue weighted by Gasteiger charge is -2.17. The van der Waals surface area contributed by atoms with E-state index < -0.39 is 5.83 Å². The van der Waals surface area contributed by atoms with Crippen LogP contribution < -0.4 is 10.6 Å². The Balaban J connectivity index is 0.000000391. The zero-order valence-electron chi connectivity index (χ0n) is 24.8. The quantitative estimate of drug-likeness (QED) is 0.284. The first-order valence-corrected chi connectivity index (χ1v) is 13.7. The van der Waals surface area contributed by atoms with Crippen LogP contribution >= 0.6 is 0 Å². The van der Waals surface area contributed by atoms with Gasteiger partial charge in [0.05, 0.1) is 12.2 Å². The molecule has 0 saturated carbocycles. The number of aromatic nitrogens is 1. The predicted molar refractivity (Wildman–Crippen MR) is 166 cm³/mol. The van der Waals surface area contributed by atoms with Gasteiger partial charge in [0.2, 0.25) is 5.91 Å². The molecule has 2 N–H and O–H groups in total. The van der Waals surface area contributed by atoms with E-state index in [1.54, 1.807) is 34.9 Å². The zero-order chi connectivity index (χ0) is 29.7. The Kier molecular flexibility index (Phi) is 12.4. The molecule has 0 bridgehead atoms. The molecule has 2 aliphatic rings. The molecule has 1 amide bonds. The van der Waals surface area contributed by atoms with E-state index in [4.69, 9.17) is 0 Å². The molecular formula is C34H42FN3O2. The minimum atomic E-state index is -0.449. The van der Waals surface area contributed by atoms with Gasteiger partial charge in [-0.15, -0.1) is 0 Å². The molecule has 4 rings (SSSR count). The van der Waals surface area contributed by atoms with Gasteiger partial charge < -0.3 is 15.2 Å². The Morgan fingerprint density at radius 3 is 2.55 bits per heavy atom. The van der Waals surface area contributed by atoms with Crippen LogP contribution in [0.2, 0.25) is 0 Å². The van der Waals surface area contributed by atoms with E-state index in [9.17, 15) is 14.0 Å². The number of anilines is 1. The summed E-state index contributed by atoms with van der Waals surface area (Å²) in [5, 5.41) is 6.85. The first-order chi connectivity index (χ1) is 19.1. The van der Waals surface area contributed by atoms with Gasteiger partial charge in [-0.3, -0.25) is 9.59 Å². The fraction of sp³-hybridized carbons (Fsp3) is 0.324.